The lowest BCUT2D eigenvalue weighted by Gasteiger charge is -2.54. The largest absolute Gasteiger partial charge is 0.497 e. The molecule has 7 nitrogen and oxygen atoms in total. The monoisotopic (exact) mass is 444 g/mol. The lowest BCUT2D eigenvalue weighted by atomic mass is 9.70. The van der Waals surface area contributed by atoms with Crippen LogP contribution in [0, 0.1) is 0 Å². The number of hydrogen-bond acceptors (Lipinski definition) is 5. The zero-order valence-corrected chi connectivity index (χ0v) is 18.4. The number of carbonyl (C=O) groups excluding carboxylic acids is 2. The maximum absolute atomic E-state index is 13.5. The zero-order chi connectivity index (χ0) is 23.2. The van der Waals surface area contributed by atoms with E-state index in [0.717, 1.165) is 11.1 Å². The van der Waals surface area contributed by atoms with Crippen LogP contribution in [0.25, 0.3) is 0 Å². The van der Waals surface area contributed by atoms with Crippen LogP contribution in [0.1, 0.15) is 16.7 Å². The number of aliphatic hydroxyl groups is 1. The number of ether oxygens (including phenoxy) is 2. The van der Waals surface area contributed by atoms with Crippen molar-refractivity contribution < 1.29 is 24.2 Å². The number of nitrogens with zero attached hydrogens (tertiary/aromatic N) is 2. The molecule has 1 fully saturated rings. The summed E-state index contributed by atoms with van der Waals surface area (Å²) in [4.78, 5) is 29.4. The summed E-state index contributed by atoms with van der Waals surface area (Å²) in [6.45, 7) is 0.118. The highest BCUT2D eigenvalue weighted by Gasteiger charge is 2.64. The molecule has 0 aliphatic carbocycles. The Labute approximate surface area is 191 Å². The second kappa shape index (κ2) is 7.94. The molecule has 2 unspecified atom stereocenters. The SMILES string of the molecule is COc1cc(CN2C(=O)CN3C(=O)C(O)C3(c3ccccc3)c3ccccc32)cc(OC)c1. The van der Waals surface area contributed by atoms with Gasteiger partial charge in [0.15, 0.2) is 6.10 Å². The topological polar surface area (TPSA) is 79.3 Å². The van der Waals surface area contributed by atoms with Gasteiger partial charge >= 0.3 is 0 Å². The lowest BCUT2D eigenvalue weighted by Crippen LogP contribution is -2.72. The highest BCUT2D eigenvalue weighted by Crippen LogP contribution is 2.51. The van der Waals surface area contributed by atoms with Gasteiger partial charge in [-0.25, -0.2) is 0 Å². The second-order valence-corrected chi connectivity index (χ2v) is 8.18. The van der Waals surface area contributed by atoms with Gasteiger partial charge in [0.25, 0.3) is 5.91 Å². The first-order valence-electron chi connectivity index (χ1n) is 10.7. The maximum atomic E-state index is 13.5. The van der Waals surface area contributed by atoms with E-state index in [-0.39, 0.29) is 19.0 Å². The molecule has 1 N–H and O–H groups in total. The summed E-state index contributed by atoms with van der Waals surface area (Å²) in [6.07, 6.45) is -1.27. The molecule has 2 aliphatic rings. The maximum Gasteiger partial charge on any atom is 0.256 e. The summed E-state index contributed by atoms with van der Waals surface area (Å²) in [6, 6.07) is 22.3. The summed E-state index contributed by atoms with van der Waals surface area (Å²) < 4.78 is 10.8. The Morgan fingerprint density at radius 2 is 1.58 bits per heavy atom. The van der Waals surface area contributed by atoms with Gasteiger partial charge in [-0.3, -0.25) is 9.59 Å². The van der Waals surface area contributed by atoms with E-state index in [1.54, 1.807) is 25.2 Å². The third-order valence-corrected chi connectivity index (χ3v) is 6.49. The van der Waals surface area contributed by atoms with Crippen molar-refractivity contribution in [2.24, 2.45) is 0 Å². The molecule has 1 saturated heterocycles. The molecule has 168 valence electrons. The number of amides is 2. The molecule has 2 atom stereocenters. The summed E-state index contributed by atoms with van der Waals surface area (Å²) in [5, 5.41) is 11.0. The minimum Gasteiger partial charge on any atom is -0.497 e. The second-order valence-electron chi connectivity index (χ2n) is 8.18. The van der Waals surface area contributed by atoms with E-state index in [9.17, 15) is 14.7 Å². The highest BCUT2D eigenvalue weighted by atomic mass is 16.5. The first-order chi connectivity index (χ1) is 16.0. The number of rotatable bonds is 5. The first-order valence-corrected chi connectivity index (χ1v) is 10.7. The van der Waals surface area contributed by atoms with E-state index in [1.165, 1.54) is 4.90 Å². The van der Waals surface area contributed by atoms with E-state index in [1.807, 2.05) is 66.7 Å². The van der Waals surface area contributed by atoms with Crippen LogP contribution < -0.4 is 14.4 Å². The van der Waals surface area contributed by atoms with Gasteiger partial charge in [-0.1, -0.05) is 48.5 Å². The predicted octanol–water partition coefficient (Wildman–Crippen LogP) is 2.70. The average Bonchev–Trinajstić information content (AvgIpc) is 2.96. The first kappa shape index (κ1) is 21.0. The number of β-lactam (4-membered cyclic amide) rings is 1. The summed E-state index contributed by atoms with van der Waals surface area (Å²) >= 11 is 0. The molecular weight excluding hydrogens is 420 g/mol. The van der Waals surface area contributed by atoms with Crippen molar-refractivity contribution in [1.29, 1.82) is 0 Å². The van der Waals surface area contributed by atoms with Crippen molar-refractivity contribution in [3.05, 3.63) is 89.5 Å². The molecule has 0 aromatic heterocycles. The molecule has 0 spiro atoms. The zero-order valence-electron chi connectivity index (χ0n) is 18.4. The van der Waals surface area contributed by atoms with E-state index in [2.05, 4.69) is 0 Å². The third kappa shape index (κ3) is 3.08. The van der Waals surface area contributed by atoms with Crippen molar-refractivity contribution in [1.82, 2.24) is 4.90 Å². The Hall–Kier alpha value is -3.84. The Morgan fingerprint density at radius 3 is 2.24 bits per heavy atom. The van der Waals surface area contributed by atoms with Crippen LogP contribution in [-0.2, 0) is 21.7 Å². The normalized spacial score (nSPS) is 21.6. The average molecular weight is 444 g/mol. The molecule has 0 saturated carbocycles. The highest BCUT2D eigenvalue weighted by molar-refractivity contribution is 6.04. The Kier molecular flexibility index (Phi) is 5.06. The van der Waals surface area contributed by atoms with Crippen molar-refractivity contribution in [2.75, 3.05) is 25.7 Å². The molecule has 0 radical (unpaired) electrons. The van der Waals surface area contributed by atoms with Crippen LogP contribution in [0.5, 0.6) is 11.5 Å². The van der Waals surface area contributed by atoms with E-state index in [4.69, 9.17) is 9.47 Å². The van der Waals surface area contributed by atoms with Crippen LogP contribution >= 0.6 is 0 Å². The predicted molar refractivity (Wildman–Crippen MR) is 122 cm³/mol. The molecular formula is C26H24N2O5. The van der Waals surface area contributed by atoms with Crippen LogP contribution in [0.4, 0.5) is 5.69 Å². The van der Waals surface area contributed by atoms with Gasteiger partial charge in [0.1, 0.15) is 23.6 Å². The Balaban J connectivity index is 1.67. The number of anilines is 1. The fourth-order valence-electron chi connectivity index (χ4n) is 4.94. The van der Waals surface area contributed by atoms with Crippen molar-refractivity contribution in [3.8, 4) is 11.5 Å². The number of benzene rings is 3. The lowest BCUT2D eigenvalue weighted by molar-refractivity contribution is -0.181. The Morgan fingerprint density at radius 1 is 0.939 bits per heavy atom. The van der Waals surface area contributed by atoms with Gasteiger partial charge in [0, 0.05) is 11.6 Å². The number of para-hydroxylation sites is 1. The number of fused-ring (bicyclic) bond motifs is 3. The molecule has 7 heteroatoms. The van der Waals surface area contributed by atoms with Gasteiger partial charge in [0.2, 0.25) is 5.91 Å². The summed E-state index contributed by atoms with van der Waals surface area (Å²) in [5.41, 5.74) is 1.83. The molecule has 3 aromatic rings. The quantitative estimate of drug-likeness (QED) is 0.613. The fraction of sp³-hybridized carbons (Fsp3) is 0.231. The smallest absolute Gasteiger partial charge is 0.256 e. The Bertz CT molecular complexity index is 1210. The van der Waals surface area contributed by atoms with Crippen LogP contribution in [-0.4, -0.2) is 48.7 Å². The molecule has 2 heterocycles. The number of hydrogen-bond donors (Lipinski definition) is 1. The summed E-state index contributed by atoms with van der Waals surface area (Å²) in [5.74, 6) is 0.555. The van der Waals surface area contributed by atoms with E-state index >= 15 is 0 Å². The number of methoxy groups -OCH3 is 2. The van der Waals surface area contributed by atoms with Gasteiger partial charge in [-0.05, 0) is 29.3 Å². The molecule has 33 heavy (non-hydrogen) atoms. The van der Waals surface area contributed by atoms with Crippen LogP contribution in [0.15, 0.2) is 72.8 Å². The minimum atomic E-state index is -1.27. The number of carbonyl (C=O) groups is 2. The number of aliphatic hydroxyl groups excluding tert-OH is 1. The third-order valence-electron chi connectivity index (χ3n) is 6.49. The minimum absolute atomic E-state index is 0.138. The van der Waals surface area contributed by atoms with Crippen molar-refractivity contribution >= 4 is 17.5 Å². The molecule has 2 amide bonds. The molecule has 3 aromatic carbocycles. The standard InChI is InChI=1S/C26H24N2O5/c1-32-19-12-17(13-20(14-19)33-2)15-27-22-11-7-6-10-21(22)26(18-8-4-3-5-9-18)24(30)25(31)28(26)16-23(27)29/h3-14,24,30H,15-16H2,1-2H3. The molecule has 2 aliphatic heterocycles. The summed E-state index contributed by atoms with van der Waals surface area (Å²) in [7, 11) is 3.15. The van der Waals surface area contributed by atoms with Crippen LogP contribution in [0.2, 0.25) is 0 Å². The van der Waals surface area contributed by atoms with E-state index < -0.39 is 17.6 Å². The van der Waals surface area contributed by atoms with Gasteiger partial charge in [0.05, 0.1) is 26.5 Å². The van der Waals surface area contributed by atoms with Crippen LogP contribution in [0.3, 0.4) is 0 Å². The van der Waals surface area contributed by atoms with Gasteiger partial charge in [-0.2, -0.15) is 0 Å². The fourth-order valence-corrected chi connectivity index (χ4v) is 4.94. The van der Waals surface area contributed by atoms with Crippen molar-refractivity contribution in [3.63, 3.8) is 0 Å². The van der Waals surface area contributed by atoms with Gasteiger partial charge < -0.3 is 24.4 Å². The van der Waals surface area contributed by atoms with Crippen molar-refractivity contribution in [2.45, 2.75) is 18.2 Å². The van der Waals surface area contributed by atoms with E-state index in [0.29, 0.717) is 22.7 Å². The molecule has 5 rings (SSSR count). The van der Waals surface area contributed by atoms with Gasteiger partial charge in [-0.15, -0.1) is 0 Å². The molecule has 0 bridgehead atoms.